The first-order valence-corrected chi connectivity index (χ1v) is 6.59. The molecule has 1 aromatic rings. The highest BCUT2D eigenvalue weighted by atomic mass is 19.3. The van der Waals surface area contributed by atoms with Crippen molar-refractivity contribution in [1.29, 1.82) is 0 Å². The molecule has 4 nitrogen and oxygen atoms in total. The first-order chi connectivity index (χ1) is 9.93. The SMILES string of the molecule is COC(=O)[C@@H]1CC(F)(F)CC1C(=O)OCc1ccccc1. The number of carbonyl (C=O) groups excluding carboxylic acids is 2. The minimum atomic E-state index is -3.05. The first-order valence-electron chi connectivity index (χ1n) is 6.59. The van der Waals surface area contributed by atoms with Gasteiger partial charge in [0.25, 0.3) is 0 Å². The molecular weight excluding hydrogens is 282 g/mol. The number of methoxy groups -OCH3 is 1. The first kappa shape index (κ1) is 15.4. The molecule has 1 aliphatic carbocycles. The van der Waals surface area contributed by atoms with Gasteiger partial charge in [-0.05, 0) is 5.56 Å². The van der Waals surface area contributed by atoms with Gasteiger partial charge in [-0.3, -0.25) is 9.59 Å². The molecule has 1 saturated carbocycles. The van der Waals surface area contributed by atoms with Crippen LogP contribution in [-0.4, -0.2) is 25.0 Å². The van der Waals surface area contributed by atoms with Gasteiger partial charge in [0.1, 0.15) is 6.61 Å². The lowest BCUT2D eigenvalue weighted by Crippen LogP contribution is -2.27. The Balaban J connectivity index is 2.01. The van der Waals surface area contributed by atoms with Gasteiger partial charge < -0.3 is 9.47 Å². The average Bonchev–Trinajstić information content (AvgIpc) is 2.81. The van der Waals surface area contributed by atoms with E-state index in [4.69, 9.17) is 4.74 Å². The maximum absolute atomic E-state index is 13.4. The van der Waals surface area contributed by atoms with Gasteiger partial charge >= 0.3 is 11.9 Å². The summed E-state index contributed by atoms with van der Waals surface area (Å²) in [4.78, 5) is 23.5. The van der Waals surface area contributed by atoms with Crippen LogP contribution in [0.5, 0.6) is 0 Å². The van der Waals surface area contributed by atoms with Crippen LogP contribution >= 0.6 is 0 Å². The summed E-state index contributed by atoms with van der Waals surface area (Å²) in [7, 11) is 1.12. The summed E-state index contributed by atoms with van der Waals surface area (Å²) in [5.74, 6) is -6.93. The summed E-state index contributed by atoms with van der Waals surface area (Å²) in [6, 6.07) is 8.90. The summed E-state index contributed by atoms with van der Waals surface area (Å²) < 4.78 is 36.4. The van der Waals surface area contributed by atoms with E-state index in [-0.39, 0.29) is 6.61 Å². The number of halogens is 2. The standard InChI is InChI=1S/C15H16F2O4/c1-20-13(18)11-7-15(16,17)8-12(11)14(19)21-9-10-5-3-2-4-6-10/h2-6,11-12H,7-9H2,1H3/t11-,12?/m1/s1. The molecule has 0 aliphatic heterocycles. The number of esters is 2. The van der Waals surface area contributed by atoms with Crippen molar-refractivity contribution in [2.75, 3.05) is 7.11 Å². The van der Waals surface area contributed by atoms with Gasteiger partial charge in [-0.25, -0.2) is 8.78 Å². The van der Waals surface area contributed by atoms with Crippen LogP contribution in [0.3, 0.4) is 0 Å². The van der Waals surface area contributed by atoms with Crippen LogP contribution in [0.2, 0.25) is 0 Å². The van der Waals surface area contributed by atoms with E-state index < -0.39 is 42.5 Å². The van der Waals surface area contributed by atoms with Crippen molar-refractivity contribution in [1.82, 2.24) is 0 Å². The second-order valence-corrected chi connectivity index (χ2v) is 5.09. The number of hydrogen-bond donors (Lipinski definition) is 0. The molecule has 6 heteroatoms. The smallest absolute Gasteiger partial charge is 0.310 e. The topological polar surface area (TPSA) is 52.6 Å². The zero-order valence-electron chi connectivity index (χ0n) is 11.6. The van der Waals surface area contributed by atoms with E-state index in [1.165, 1.54) is 0 Å². The van der Waals surface area contributed by atoms with E-state index in [0.717, 1.165) is 12.7 Å². The number of alkyl halides is 2. The van der Waals surface area contributed by atoms with Crippen molar-refractivity contribution in [3.05, 3.63) is 35.9 Å². The van der Waals surface area contributed by atoms with Crippen molar-refractivity contribution in [3.63, 3.8) is 0 Å². The molecule has 0 N–H and O–H groups in total. The van der Waals surface area contributed by atoms with Crippen LogP contribution in [0.1, 0.15) is 18.4 Å². The molecule has 0 bridgehead atoms. The third kappa shape index (κ3) is 3.77. The van der Waals surface area contributed by atoms with Crippen molar-refractivity contribution < 1.29 is 27.8 Å². The Bertz CT molecular complexity index is 516. The summed E-state index contributed by atoms with van der Waals surface area (Å²) >= 11 is 0. The zero-order chi connectivity index (χ0) is 15.5. The molecule has 0 amide bonds. The lowest BCUT2D eigenvalue weighted by Gasteiger charge is -2.15. The zero-order valence-corrected chi connectivity index (χ0v) is 11.6. The summed E-state index contributed by atoms with van der Waals surface area (Å²) in [6.45, 7) is -0.00433. The molecule has 1 aliphatic rings. The normalized spacial score (nSPS) is 23.6. The molecule has 21 heavy (non-hydrogen) atoms. The van der Waals surface area contributed by atoms with Crippen molar-refractivity contribution in [3.8, 4) is 0 Å². The Morgan fingerprint density at radius 1 is 1.14 bits per heavy atom. The number of benzene rings is 1. The van der Waals surface area contributed by atoms with Gasteiger partial charge in [-0.15, -0.1) is 0 Å². The van der Waals surface area contributed by atoms with Crippen LogP contribution < -0.4 is 0 Å². The molecule has 114 valence electrons. The van der Waals surface area contributed by atoms with Crippen molar-refractivity contribution in [2.24, 2.45) is 11.8 Å². The van der Waals surface area contributed by atoms with E-state index in [1.54, 1.807) is 24.3 Å². The molecule has 0 aromatic heterocycles. The van der Waals surface area contributed by atoms with Crippen molar-refractivity contribution in [2.45, 2.75) is 25.4 Å². The fraction of sp³-hybridized carbons (Fsp3) is 0.467. The molecule has 1 fully saturated rings. The minimum absolute atomic E-state index is 0.00433. The minimum Gasteiger partial charge on any atom is -0.469 e. The molecule has 0 heterocycles. The predicted molar refractivity (Wildman–Crippen MR) is 69.4 cm³/mol. The highest BCUT2D eigenvalue weighted by molar-refractivity contribution is 5.83. The van der Waals surface area contributed by atoms with Crippen molar-refractivity contribution >= 4 is 11.9 Å². The Morgan fingerprint density at radius 3 is 2.29 bits per heavy atom. The van der Waals surface area contributed by atoms with Crippen LogP contribution in [-0.2, 0) is 25.7 Å². The predicted octanol–water partition coefficient (Wildman–Crippen LogP) is 2.56. The quantitative estimate of drug-likeness (QED) is 0.802. The Kier molecular flexibility index (Phi) is 4.55. The fourth-order valence-electron chi connectivity index (χ4n) is 2.49. The van der Waals surface area contributed by atoms with Gasteiger partial charge in [0.2, 0.25) is 5.92 Å². The lowest BCUT2D eigenvalue weighted by atomic mass is 9.96. The molecule has 0 radical (unpaired) electrons. The Hall–Kier alpha value is -1.98. The van der Waals surface area contributed by atoms with Crippen LogP contribution in [0.25, 0.3) is 0 Å². The maximum atomic E-state index is 13.4. The van der Waals surface area contributed by atoms with E-state index in [9.17, 15) is 18.4 Å². The maximum Gasteiger partial charge on any atom is 0.310 e. The third-order valence-corrected chi connectivity index (χ3v) is 3.55. The van der Waals surface area contributed by atoms with E-state index in [2.05, 4.69) is 4.74 Å². The molecule has 1 unspecified atom stereocenters. The van der Waals surface area contributed by atoms with E-state index in [0.29, 0.717) is 0 Å². The fourth-order valence-corrected chi connectivity index (χ4v) is 2.49. The summed E-state index contributed by atoms with van der Waals surface area (Å²) in [5, 5.41) is 0. The van der Waals surface area contributed by atoms with Crippen LogP contribution in [0, 0.1) is 11.8 Å². The molecule has 0 spiro atoms. The number of hydrogen-bond acceptors (Lipinski definition) is 4. The molecule has 2 atom stereocenters. The monoisotopic (exact) mass is 298 g/mol. The average molecular weight is 298 g/mol. The molecule has 0 saturated heterocycles. The van der Waals surface area contributed by atoms with Gasteiger partial charge in [-0.2, -0.15) is 0 Å². The second kappa shape index (κ2) is 6.20. The lowest BCUT2D eigenvalue weighted by molar-refractivity contribution is -0.158. The van der Waals surface area contributed by atoms with Gasteiger partial charge in [0.05, 0.1) is 18.9 Å². The van der Waals surface area contributed by atoms with E-state index >= 15 is 0 Å². The highest BCUT2D eigenvalue weighted by Gasteiger charge is 2.53. The third-order valence-electron chi connectivity index (χ3n) is 3.55. The number of rotatable bonds is 4. The summed E-state index contributed by atoms with van der Waals surface area (Å²) in [6.07, 6.45) is -1.36. The van der Waals surface area contributed by atoms with Crippen LogP contribution in [0.15, 0.2) is 30.3 Å². The highest BCUT2D eigenvalue weighted by Crippen LogP contribution is 2.44. The number of carbonyl (C=O) groups is 2. The van der Waals surface area contributed by atoms with Crippen LogP contribution in [0.4, 0.5) is 8.78 Å². The van der Waals surface area contributed by atoms with Gasteiger partial charge in [0.15, 0.2) is 0 Å². The van der Waals surface area contributed by atoms with Gasteiger partial charge in [-0.1, -0.05) is 30.3 Å². The largest absolute Gasteiger partial charge is 0.469 e. The Labute approximate surface area is 121 Å². The van der Waals surface area contributed by atoms with Gasteiger partial charge in [0, 0.05) is 12.8 Å². The molecular formula is C15H16F2O4. The number of ether oxygens (including phenoxy) is 2. The molecule has 1 aromatic carbocycles. The Morgan fingerprint density at radius 2 is 1.71 bits per heavy atom. The second-order valence-electron chi connectivity index (χ2n) is 5.09. The summed E-state index contributed by atoms with van der Waals surface area (Å²) in [5.41, 5.74) is 0.755. The molecule has 2 rings (SSSR count). The van der Waals surface area contributed by atoms with E-state index in [1.807, 2.05) is 6.07 Å².